The molecule has 5 rings (SSSR count). The van der Waals surface area contributed by atoms with E-state index in [2.05, 4.69) is 4.99 Å². The molecule has 0 saturated heterocycles. The van der Waals surface area contributed by atoms with Gasteiger partial charge in [0.2, 0.25) is 0 Å². The van der Waals surface area contributed by atoms with Crippen molar-refractivity contribution in [3.63, 3.8) is 0 Å². The van der Waals surface area contributed by atoms with Crippen molar-refractivity contribution in [2.24, 2.45) is 4.99 Å². The average molecular weight is 614 g/mol. The zero-order valence-corrected chi connectivity index (χ0v) is 24.2. The van der Waals surface area contributed by atoms with Crippen LogP contribution in [0.1, 0.15) is 25.7 Å². The molecule has 0 saturated carbocycles. The summed E-state index contributed by atoms with van der Waals surface area (Å²) in [7, 11) is -6.04. The molecular weight excluding hydrogens is 586 g/mol. The van der Waals surface area contributed by atoms with Crippen LogP contribution in [0.25, 0.3) is 44.1 Å². The quantitative estimate of drug-likeness (QED) is 0.0928. The van der Waals surface area contributed by atoms with E-state index in [-0.39, 0.29) is 51.3 Å². The van der Waals surface area contributed by atoms with E-state index in [4.69, 9.17) is 14.5 Å². The molecule has 1 aliphatic carbocycles. The largest absolute Gasteiger partial charge is 0.481 e. The van der Waals surface area contributed by atoms with E-state index in [1.807, 2.05) is 25.1 Å². The highest BCUT2D eigenvalue weighted by Crippen LogP contribution is 2.39. The second-order valence-electron chi connectivity index (χ2n) is 10.0. The topological polar surface area (TPSA) is 188 Å². The van der Waals surface area contributed by atoms with Gasteiger partial charge < -0.3 is 14.4 Å². The predicted octanol–water partition coefficient (Wildman–Crippen LogP) is 4.34. The van der Waals surface area contributed by atoms with Crippen molar-refractivity contribution in [3.05, 3.63) is 53.9 Å². The van der Waals surface area contributed by atoms with E-state index in [1.54, 1.807) is 12.1 Å². The Labute approximate surface area is 240 Å². The Hall–Kier alpha value is -4.11. The molecule has 12 nitrogen and oxygen atoms in total. The lowest BCUT2D eigenvalue weighted by Gasteiger charge is -2.17. The first-order valence-electron chi connectivity index (χ1n) is 12.9. The van der Waals surface area contributed by atoms with E-state index in [0.717, 1.165) is 11.8 Å². The number of hydrogen-bond donors (Lipinski definition) is 3. The molecule has 0 bridgehead atoms. The second kappa shape index (κ2) is 10.9. The molecule has 220 valence electrons. The van der Waals surface area contributed by atoms with Gasteiger partial charge in [0.25, 0.3) is 20.2 Å². The molecule has 0 spiro atoms. The number of carbonyl (C=O) groups is 1. The molecule has 3 N–H and O–H groups in total. The molecule has 1 heterocycles. The summed E-state index contributed by atoms with van der Waals surface area (Å²) in [5.41, 5.74) is 1.90. The van der Waals surface area contributed by atoms with Crippen LogP contribution in [-0.2, 0) is 25.0 Å². The van der Waals surface area contributed by atoms with E-state index < -0.39 is 36.0 Å². The third kappa shape index (κ3) is 5.66. The number of hydrogen-bond acceptors (Lipinski definition) is 9. The number of nitrogens with zero attached hydrogens (tertiary/aromatic N) is 3. The van der Waals surface area contributed by atoms with Crippen LogP contribution in [-0.4, -0.2) is 62.6 Å². The molecule has 42 heavy (non-hydrogen) atoms. The number of fused-ring (bicyclic) bond motifs is 5. The lowest BCUT2D eigenvalue weighted by atomic mass is 9.99. The summed E-state index contributed by atoms with van der Waals surface area (Å²) < 4.78 is 76.9. The van der Waals surface area contributed by atoms with Crippen molar-refractivity contribution in [2.75, 3.05) is 25.5 Å². The number of unbranched alkanes of at least 4 members (excludes halogenated alkanes) is 2. The Balaban J connectivity index is 1.90. The maximum absolute atomic E-state index is 12.9. The molecule has 0 amide bonds. The highest BCUT2D eigenvalue weighted by molar-refractivity contribution is 7.86. The summed E-state index contributed by atoms with van der Waals surface area (Å²) in [4.78, 5) is 20.9. The van der Waals surface area contributed by atoms with Crippen molar-refractivity contribution < 1.29 is 40.3 Å². The third-order valence-corrected chi connectivity index (χ3v) is 8.74. The number of carboxylic acid groups (broad SMARTS) is 1. The van der Waals surface area contributed by atoms with Crippen LogP contribution in [0.3, 0.4) is 0 Å². The van der Waals surface area contributed by atoms with Gasteiger partial charge in [-0.2, -0.15) is 16.8 Å². The first-order chi connectivity index (χ1) is 19.8. The van der Waals surface area contributed by atoms with E-state index in [1.165, 1.54) is 24.3 Å². The summed E-state index contributed by atoms with van der Waals surface area (Å²) in [6.07, 6.45) is 1.54. The second-order valence-corrected chi connectivity index (χ2v) is 12.8. The Morgan fingerprint density at radius 2 is 1.69 bits per heavy atom. The number of carboxylic acids is 1. The van der Waals surface area contributed by atoms with E-state index in [0.29, 0.717) is 30.4 Å². The number of aromatic nitrogens is 1. The molecule has 0 fully saturated rings. The molecule has 0 atom stereocenters. The van der Waals surface area contributed by atoms with Crippen LogP contribution in [0.15, 0.2) is 67.7 Å². The average Bonchev–Trinajstić information content (AvgIpc) is 2.90. The van der Waals surface area contributed by atoms with Gasteiger partial charge in [0.15, 0.2) is 11.3 Å². The van der Waals surface area contributed by atoms with Gasteiger partial charge in [0.1, 0.15) is 21.0 Å². The van der Waals surface area contributed by atoms with Gasteiger partial charge in [-0.05, 0) is 37.1 Å². The molecular formula is C28H27N3O9S2. The molecule has 14 heteroatoms. The van der Waals surface area contributed by atoms with E-state index >= 15 is 0 Å². The van der Waals surface area contributed by atoms with Gasteiger partial charge in [-0.25, -0.2) is 4.98 Å². The minimum Gasteiger partial charge on any atom is -0.481 e. The molecule has 2 aliphatic rings. The first kappa shape index (κ1) is 29.4. The zero-order valence-electron chi connectivity index (χ0n) is 22.6. The van der Waals surface area contributed by atoms with Gasteiger partial charge >= 0.3 is 5.97 Å². The molecule has 3 aromatic carbocycles. The summed E-state index contributed by atoms with van der Waals surface area (Å²) in [6.45, 7) is 0.208. The Bertz CT molecular complexity index is 2140. The van der Waals surface area contributed by atoms with Gasteiger partial charge in [0.05, 0.1) is 5.36 Å². The van der Waals surface area contributed by atoms with Crippen LogP contribution < -0.4 is 10.3 Å². The lowest BCUT2D eigenvalue weighted by Crippen LogP contribution is -2.14. The van der Waals surface area contributed by atoms with Crippen molar-refractivity contribution in [1.82, 2.24) is 4.98 Å². The zero-order chi connectivity index (χ0) is 30.4. The number of rotatable bonds is 9. The smallest absolute Gasteiger partial charge is 0.303 e. The van der Waals surface area contributed by atoms with E-state index in [9.17, 15) is 30.7 Å². The maximum atomic E-state index is 12.9. The molecule has 0 radical (unpaired) electrons. The molecule has 1 aliphatic heterocycles. The highest BCUT2D eigenvalue weighted by atomic mass is 32.2. The fraction of sp³-hybridized carbons (Fsp3) is 0.250. The number of anilines is 1. The normalized spacial score (nSPS) is 13.0. The third-order valence-electron chi connectivity index (χ3n) is 6.89. The standard InChI is InChI=1S/C28H27N3O9S2/c1-31(2)16-10-11-20-22(13-16)40-23-15-21(29-12-5-3-4-9-25(32)33)26-19(27(23)30-20)14-18-17(28(26)42(37,38)39)7-6-8-24(18)41(34,35)36/h6-8,10-11,13-15H,3-5,9,12H2,1-2H3,(H,32,33)(H,34,35,36)(H,37,38,39). The summed E-state index contributed by atoms with van der Waals surface area (Å²) >= 11 is 0. The van der Waals surface area contributed by atoms with Crippen LogP contribution in [0.2, 0.25) is 0 Å². The molecule has 0 unspecified atom stereocenters. The summed E-state index contributed by atoms with van der Waals surface area (Å²) in [5.74, 6) is -0.680. The Kier molecular flexibility index (Phi) is 7.66. The van der Waals surface area contributed by atoms with Crippen molar-refractivity contribution in [3.8, 4) is 11.5 Å². The predicted molar refractivity (Wildman–Crippen MR) is 156 cm³/mol. The van der Waals surface area contributed by atoms with Crippen LogP contribution in [0, 0.1) is 0 Å². The van der Waals surface area contributed by atoms with Gasteiger partial charge in [-0.15, -0.1) is 0 Å². The Morgan fingerprint density at radius 1 is 0.929 bits per heavy atom. The monoisotopic (exact) mass is 613 g/mol. The Morgan fingerprint density at radius 3 is 2.36 bits per heavy atom. The van der Waals surface area contributed by atoms with Gasteiger partial charge in [-0.3, -0.25) is 18.9 Å². The fourth-order valence-corrected chi connectivity index (χ4v) is 6.60. The first-order valence-corrected chi connectivity index (χ1v) is 15.8. The lowest BCUT2D eigenvalue weighted by molar-refractivity contribution is -0.137. The van der Waals surface area contributed by atoms with Crippen molar-refractivity contribution >= 4 is 64.5 Å². The number of benzene rings is 4. The molecule has 0 aromatic heterocycles. The van der Waals surface area contributed by atoms with Crippen molar-refractivity contribution in [2.45, 2.75) is 35.5 Å². The summed E-state index contributed by atoms with van der Waals surface area (Å²) in [5, 5.41) is 8.89. The van der Waals surface area contributed by atoms with Crippen LogP contribution in [0.5, 0.6) is 0 Å². The fourth-order valence-electron chi connectivity index (χ4n) is 4.97. The minimum absolute atomic E-state index is 0.00230. The summed E-state index contributed by atoms with van der Waals surface area (Å²) in [6, 6.07) is 11.9. The van der Waals surface area contributed by atoms with Crippen molar-refractivity contribution in [1.29, 1.82) is 0 Å². The van der Waals surface area contributed by atoms with Gasteiger partial charge in [-0.1, -0.05) is 18.6 Å². The molecule has 3 aromatic rings. The van der Waals surface area contributed by atoms with Crippen LogP contribution in [0.4, 0.5) is 5.69 Å². The minimum atomic E-state index is -4.98. The van der Waals surface area contributed by atoms with Gasteiger partial charge in [0, 0.05) is 66.4 Å². The van der Waals surface area contributed by atoms with Crippen LogP contribution >= 0.6 is 0 Å². The number of aliphatic carboxylic acids is 1. The maximum Gasteiger partial charge on any atom is 0.303 e. The highest BCUT2D eigenvalue weighted by Gasteiger charge is 2.27. The SMILES string of the molecule is CN(C)c1ccc2nc3c4cc5c(S(=O)(=O)O)cccc5c(S(=O)(=O)O)c4c(=NCCCCCC(=O)O)cc-3oc2c1.